The van der Waals surface area contributed by atoms with E-state index in [4.69, 9.17) is 16.0 Å². The lowest BCUT2D eigenvalue weighted by molar-refractivity contribution is -0.385. The molecule has 0 aliphatic carbocycles. The first-order valence-corrected chi connectivity index (χ1v) is 9.09. The van der Waals surface area contributed by atoms with Crippen molar-refractivity contribution < 1.29 is 36.4 Å². The molecule has 0 unspecified atom stereocenters. The fourth-order valence-electron chi connectivity index (χ4n) is 2.88. The summed E-state index contributed by atoms with van der Waals surface area (Å²) in [5.41, 5.74) is -1.97. The Kier molecular flexibility index (Phi) is 5.46. The Bertz CT molecular complexity index is 1460. The van der Waals surface area contributed by atoms with Gasteiger partial charge in [0.05, 0.1) is 10.6 Å². The summed E-state index contributed by atoms with van der Waals surface area (Å²) in [6, 6.07) is 6.05. The molecule has 0 bridgehead atoms. The number of aromatic nitrogens is 1. The van der Waals surface area contributed by atoms with E-state index in [-0.39, 0.29) is 27.4 Å². The van der Waals surface area contributed by atoms with Gasteiger partial charge in [0.15, 0.2) is 28.9 Å². The largest absolute Gasteiger partial charge is 0.502 e. The number of aliphatic imine (C=N–C) groups is 1. The van der Waals surface area contributed by atoms with E-state index in [1.54, 1.807) is 0 Å². The van der Waals surface area contributed by atoms with Crippen molar-refractivity contribution >= 4 is 40.3 Å². The molecule has 1 heterocycles. The fraction of sp³-hybridized carbons (Fsp3) is 0. The standard InChI is InChI=1S/C20H7ClF5N3O4/c21-8-3-7(19(30)11(4-8)29(31)32)6-27-9-1-2-12-10(5-9)28-20(33-12)13-14(22)16(24)18(26)17(25)15(13)23/h1-6,30H. The van der Waals surface area contributed by atoms with Gasteiger partial charge in [0, 0.05) is 22.9 Å². The smallest absolute Gasteiger partial charge is 0.312 e. The second kappa shape index (κ2) is 8.13. The molecule has 1 N–H and O–H groups in total. The van der Waals surface area contributed by atoms with Crippen molar-refractivity contribution in [1.29, 1.82) is 0 Å². The highest BCUT2D eigenvalue weighted by Crippen LogP contribution is 2.35. The summed E-state index contributed by atoms with van der Waals surface area (Å²) in [4.78, 5) is 17.9. The molecule has 0 saturated heterocycles. The van der Waals surface area contributed by atoms with Crippen molar-refractivity contribution in [3.05, 3.63) is 80.1 Å². The molecule has 0 aliphatic rings. The summed E-state index contributed by atoms with van der Waals surface area (Å²) in [6.45, 7) is 0. The van der Waals surface area contributed by atoms with E-state index in [0.717, 1.165) is 12.3 Å². The predicted octanol–water partition coefficient (Wildman–Crippen LogP) is 6.21. The Labute approximate surface area is 184 Å². The number of phenols is 1. The maximum Gasteiger partial charge on any atom is 0.312 e. The second-order valence-corrected chi connectivity index (χ2v) is 6.93. The van der Waals surface area contributed by atoms with Crippen LogP contribution in [0.2, 0.25) is 5.02 Å². The molecule has 0 fully saturated rings. The van der Waals surface area contributed by atoms with Crippen molar-refractivity contribution in [2.75, 3.05) is 0 Å². The number of benzene rings is 3. The second-order valence-electron chi connectivity index (χ2n) is 6.49. The zero-order valence-corrected chi connectivity index (χ0v) is 16.5. The van der Waals surface area contributed by atoms with Gasteiger partial charge >= 0.3 is 5.69 Å². The Hall–Kier alpha value is -4.06. The minimum Gasteiger partial charge on any atom is -0.502 e. The van der Waals surface area contributed by atoms with Gasteiger partial charge in [-0.25, -0.2) is 26.9 Å². The highest BCUT2D eigenvalue weighted by Gasteiger charge is 2.29. The molecule has 33 heavy (non-hydrogen) atoms. The third-order valence-electron chi connectivity index (χ3n) is 4.43. The average Bonchev–Trinajstić information content (AvgIpc) is 3.19. The van der Waals surface area contributed by atoms with Crippen LogP contribution in [-0.4, -0.2) is 21.2 Å². The Morgan fingerprint density at radius 1 is 1.03 bits per heavy atom. The molecule has 0 amide bonds. The van der Waals surface area contributed by atoms with Gasteiger partial charge in [-0.2, -0.15) is 0 Å². The summed E-state index contributed by atoms with van der Waals surface area (Å²) in [6.07, 6.45) is 1.07. The lowest BCUT2D eigenvalue weighted by Gasteiger charge is -2.04. The number of nitrogens with zero attached hydrogens (tertiary/aromatic N) is 3. The van der Waals surface area contributed by atoms with Crippen molar-refractivity contribution in [2.45, 2.75) is 0 Å². The van der Waals surface area contributed by atoms with E-state index in [1.165, 1.54) is 24.3 Å². The molecule has 0 saturated carbocycles. The predicted molar refractivity (Wildman–Crippen MR) is 106 cm³/mol. The van der Waals surface area contributed by atoms with Crippen molar-refractivity contribution in [3.8, 4) is 17.2 Å². The molecule has 4 aromatic rings. The number of nitro groups is 1. The lowest BCUT2D eigenvalue weighted by Crippen LogP contribution is -2.04. The molecule has 4 rings (SSSR count). The van der Waals surface area contributed by atoms with Crippen LogP contribution in [0.25, 0.3) is 22.6 Å². The van der Waals surface area contributed by atoms with Crippen LogP contribution in [0.1, 0.15) is 5.56 Å². The van der Waals surface area contributed by atoms with Gasteiger partial charge in [0.25, 0.3) is 0 Å². The van der Waals surface area contributed by atoms with Gasteiger partial charge < -0.3 is 9.52 Å². The topological polar surface area (TPSA) is 102 Å². The average molecular weight is 484 g/mol. The molecule has 3 aromatic carbocycles. The number of aromatic hydroxyl groups is 1. The van der Waals surface area contributed by atoms with Crippen molar-refractivity contribution in [3.63, 3.8) is 0 Å². The van der Waals surface area contributed by atoms with Gasteiger partial charge in [-0.3, -0.25) is 15.1 Å². The summed E-state index contributed by atoms with van der Waals surface area (Å²) in [7, 11) is 0. The molecule has 168 valence electrons. The summed E-state index contributed by atoms with van der Waals surface area (Å²) in [5.74, 6) is -12.3. The van der Waals surface area contributed by atoms with E-state index in [0.29, 0.717) is 0 Å². The number of oxazole rings is 1. The Morgan fingerprint density at radius 3 is 2.30 bits per heavy atom. The Morgan fingerprint density at radius 2 is 1.67 bits per heavy atom. The van der Waals surface area contributed by atoms with Crippen LogP contribution in [0.3, 0.4) is 0 Å². The number of halogens is 6. The van der Waals surface area contributed by atoms with Crippen LogP contribution in [0.5, 0.6) is 5.75 Å². The van der Waals surface area contributed by atoms with E-state index in [2.05, 4.69) is 9.98 Å². The minimum atomic E-state index is -2.31. The third kappa shape index (κ3) is 3.84. The molecule has 0 radical (unpaired) electrons. The van der Waals surface area contributed by atoms with Gasteiger partial charge in [-0.05, 0) is 24.3 Å². The molecular formula is C20H7ClF5N3O4. The van der Waals surface area contributed by atoms with E-state index in [9.17, 15) is 37.2 Å². The quantitative estimate of drug-likeness (QED) is 0.0928. The highest BCUT2D eigenvalue weighted by molar-refractivity contribution is 6.31. The minimum absolute atomic E-state index is 0.0274. The number of phenolic OH excluding ortho intramolecular Hbond substituents is 1. The third-order valence-corrected chi connectivity index (χ3v) is 4.65. The van der Waals surface area contributed by atoms with Gasteiger partial charge in [-0.15, -0.1) is 0 Å². The number of fused-ring (bicyclic) bond motifs is 1. The maximum atomic E-state index is 14.0. The normalized spacial score (nSPS) is 11.6. The van der Waals surface area contributed by atoms with Crippen LogP contribution in [0, 0.1) is 39.2 Å². The molecule has 0 atom stereocenters. The van der Waals surface area contributed by atoms with Gasteiger partial charge in [0.2, 0.25) is 17.5 Å². The molecule has 13 heteroatoms. The number of nitro benzene ring substituents is 1. The molecule has 1 aromatic heterocycles. The van der Waals surface area contributed by atoms with E-state index >= 15 is 0 Å². The van der Waals surface area contributed by atoms with Crippen LogP contribution < -0.4 is 0 Å². The first-order valence-electron chi connectivity index (χ1n) is 8.71. The zero-order valence-electron chi connectivity index (χ0n) is 15.7. The van der Waals surface area contributed by atoms with Crippen molar-refractivity contribution in [2.24, 2.45) is 4.99 Å². The van der Waals surface area contributed by atoms with E-state index < -0.39 is 56.9 Å². The highest BCUT2D eigenvalue weighted by atomic mass is 35.5. The van der Waals surface area contributed by atoms with Crippen LogP contribution in [0.4, 0.5) is 33.3 Å². The molecular weight excluding hydrogens is 477 g/mol. The van der Waals surface area contributed by atoms with Crippen LogP contribution in [-0.2, 0) is 0 Å². The van der Waals surface area contributed by atoms with Gasteiger partial charge in [-0.1, -0.05) is 11.6 Å². The van der Waals surface area contributed by atoms with Crippen LogP contribution >= 0.6 is 11.6 Å². The number of rotatable bonds is 4. The Balaban J connectivity index is 1.75. The summed E-state index contributed by atoms with van der Waals surface area (Å²) < 4.78 is 73.4. The first kappa shape index (κ1) is 22.1. The lowest BCUT2D eigenvalue weighted by atomic mass is 10.1. The first-order chi connectivity index (χ1) is 15.6. The molecule has 7 nitrogen and oxygen atoms in total. The SMILES string of the molecule is O=[N+]([O-])c1cc(Cl)cc(C=Nc2ccc3oc(-c4c(F)c(F)c(F)c(F)c4F)nc3c2)c1O. The molecule has 0 aliphatic heterocycles. The monoisotopic (exact) mass is 483 g/mol. The van der Waals surface area contributed by atoms with Gasteiger partial charge in [0.1, 0.15) is 11.1 Å². The van der Waals surface area contributed by atoms with Crippen molar-refractivity contribution in [1.82, 2.24) is 4.98 Å². The van der Waals surface area contributed by atoms with E-state index in [1.807, 2.05) is 0 Å². The number of hydrogen-bond donors (Lipinski definition) is 1. The van der Waals surface area contributed by atoms with Crippen LogP contribution in [0.15, 0.2) is 39.7 Å². The zero-order chi connectivity index (χ0) is 24.0. The summed E-state index contributed by atoms with van der Waals surface area (Å²) in [5, 5.41) is 21.0. The molecule has 0 spiro atoms. The summed E-state index contributed by atoms with van der Waals surface area (Å²) >= 11 is 5.81. The number of hydrogen-bond acceptors (Lipinski definition) is 6. The maximum absolute atomic E-state index is 14.0. The fourth-order valence-corrected chi connectivity index (χ4v) is 3.10.